The Balaban J connectivity index is 2.78. The maximum Gasteiger partial charge on any atom is 0.349 e. The second-order valence-corrected chi connectivity index (χ2v) is 4.29. The topological polar surface area (TPSA) is 66.4 Å². The number of nitrogens with one attached hydrogen (secondary N) is 1. The molecule has 1 unspecified atom stereocenters. The zero-order valence-electron chi connectivity index (χ0n) is 9.48. The Morgan fingerprint density at radius 1 is 1.17 bits per heavy atom. The Labute approximate surface area is 114 Å². The number of carboxylic acid groups (broad SMARTS) is 1. The zero-order valence-corrected chi connectivity index (χ0v) is 11.0. The molecule has 1 rings (SSSR count). The summed E-state index contributed by atoms with van der Waals surface area (Å²) in [5, 5.41) is 9.92. The summed E-state index contributed by atoms with van der Waals surface area (Å²) in [6.07, 6.45) is 0. The van der Waals surface area contributed by atoms with E-state index in [-0.39, 0.29) is 6.04 Å². The van der Waals surface area contributed by atoms with Gasteiger partial charge in [-0.25, -0.2) is 4.79 Å². The highest BCUT2D eigenvalue weighted by Gasteiger charge is 2.18. The number of carboxylic acids is 1. The molecule has 1 atom stereocenters. The molecule has 4 nitrogen and oxygen atoms in total. The lowest BCUT2D eigenvalue weighted by Crippen LogP contribution is -2.27. The SMILES string of the molecule is CC(NC(=O)C(Cl)=C(Cl)C(=O)O)c1ccccc1. The molecule has 0 heterocycles. The van der Waals surface area contributed by atoms with Crippen LogP contribution in [0, 0.1) is 0 Å². The predicted molar refractivity (Wildman–Crippen MR) is 69.4 cm³/mol. The molecule has 0 fully saturated rings. The number of halogens is 2. The van der Waals surface area contributed by atoms with E-state index in [1.54, 1.807) is 6.92 Å². The number of amides is 1. The number of rotatable bonds is 4. The third kappa shape index (κ3) is 3.75. The molecule has 18 heavy (non-hydrogen) atoms. The van der Waals surface area contributed by atoms with Gasteiger partial charge in [-0.05, 0) is 12.5 Å². The normalized spacial score (nSPS) is 13.5. The van der Waals surface area contributed by atoms with E-state index in [0.717, 1.165) is 5.56 Å². The molecule has 0 aromatic heterocycles. The van der Waals surface area contributed by atoms with Gasteiger partial charge in [0.15, 0.2) is 0 Å². The molecule has 0 spiro atoms. The van der Waals surface area contributed by atoms with Crippen molar-refractivity contribution >= 4 is 35.1 Å². The van der Waals surface area contributed by atoms with Gasteiger partial charge in [-0.15, -0.1) is 0 Å². The summed E-state index contributed by atoms with van der Waals surface area (Å²) in [7, 11) is 0. The number of benzene rings is 1. The van der Waals surface area contributed by atoms with Gasteiger partial charge in [-0.1, -0.05) is 53.5 Å². The van der Waals surface area contributed by atoms with Gasteiger partial charge >= 0.3 is 5.97 Å². The Hall–Kier alpha value is -1.52. The fraction of sp³-hybridized carbons (Fsp3) is 0.167. The molecule has 0 aliphatic rings. The van der Waals surface area contributed by atoms with Gasteiger partial charge in [0, 0.05) is 0 Å². The van der Waals surface area contributed by atoms with E-state index in [1.807, 2.05) is 30.3 Å². The zero-order chi connectivity index (χ0) is 13.7. The number of carbonyl (C=O) groups is 2. The third-order valence-electron chi connectivity index (χ3n) is 2.23. The smallest absolute Gasteiger partial charge is 0.349 e. The molecule has 0 saturated carbocycles. The van der Waals surface area contributed by atoms with Gasteiger partial charge in [0.05, 0.1) is 6.04 Å². The van der Waals surface area contributed by atoms with Crippen LogP contribution < -0.4 is 5.32 Å². The van der Waals surface area contributed by atoms with E-state index >= 15 is 0 Å². The second kappa shape index (κ2) is 6.42. The van der Waals surface area contributed by atoms with Gasteiger partial charge in [0.2, 0.25) is 0 Å². The van der Waals surface area contributed by atoms with E-state index in [9.17, 15) is 9.59 Å². The maximum absolute atomic E-state index is 11.6. The van der Waals surface area contributed by atoms with E-state index in [0.29, 0.717) is 0 Å². The van der Waals surface area contributed by atoms with Gasteiger partial charge in [0.25, 0.3) is 5.91 Å². The van der Waals surface area contributed by atoms with Crippen molar-refractivity contribution in [3.05, 3.63) is 46.0 Å². The Bertz CT molecular complexity index is 485. The number of hydrogen-bond donors (Lipinski definition) is 2. The molecule has 0 radical (unpaired) electrons. The maximum atomic E-state index is 11.6. The van der Waals surface area contributed by atoms with Crippen LogP contribution in [0.1, 0.15) is 18.5 Å². The van der Waals surface area contributed by atoms with Crippen LogP contribution in [0.25, 0.3) is 0 Å². The standard InChI is InChI=1S/C12H11Cl2NO3/c1-7(8-5-3-2-4-6-8)15-11(16)9(13)10(14)12(17)18/h2-7H,1H3,(H,15,16)(H,17,18). The Morgan fingerprint density at radius 2 is 1.72 bits per heavy atom. The lowest BCUT2D eigenvalue weighted by atomic mass is 10.1. The molecule has 1 amide bonds. The van der Waals surface area contributed by atoms with Crippen molar-refractivity contribution in [2.75, 3.05) is 0 Å². The van der Waals surface area contributed by atoms with Crippen LogP contribution in [0.2, 0.25) is 0 Å². The van der Waals surface area contributed by atoms with Crippen LogP contribution in [0.5, 0.6) is 0 Å². The van der Waals surface area contributed by atoms with E-state index in [2.05, 4.69) is 5.32 Å². The number of carbonyl (C=O) groups excluding carboxylic acids is 1. The average molecular weight is 288 g/mol. The molecular weight excluding hydrogens is 277 g/mol. The van der Waals surface area contributed by atoms with Crippen molar-refractivity contribution in [2.24, 2.45) is 0 Å². The first-order chi connectivity index (χ1) is 8.43. The van der Waals surface area contributed by atoms with Crippen molar-refractivity contribution in [3.8, 4) is 0 Å². The van der Waals surface area contributed by atoms with Crippen molar-refractivity contribution in [1.29, 1.82) is 0 Å². The molecule has 1 aromatic rings. The van der Waals surface area contributed by atoms with Crippen molar-refractivity contribution in [2.45, 2.75) is 13.0 Å². The van der Waals surface area contributed by atoms with Crippen LogP contribution in [-0.4, -0.2) is 17.0 Å². The van der Waals surface area contributed by atoms with Crippen LogP contribution in [0.4, 0.5) is 0 Å². The molecule has 6 heteroatoms. The highest BCUT2D eigenvalue weighted by molar-refractivity contribution is 6.53. The number of aliphatic carboxylic acids is 1. The van der Waals surface area contributed by atoms with Crippen LogP contribution in [0.15, 0.2) is 40.4 Å². The fourth-order valence-electron chi connectivity index (χ4n) is 1.28. The largest absolute Gasteiger partial charge is 0.477 e. The molecular formula is C12H11Cl2NO3. The second-order valence-electron chi connectivity index (χ2n) is 3.54. The summed E-state index contributed by atoms with van der Waals surface area (Å²) in [4.78, 5) is 22.2. The quantitative estimate of drug-likeness (QED) is 0.837. The summed E-state index contributed by atoms with van der Waals surface area (Å²) in [5.41, 5.74) is 0.877. The van der Waals surface area contributed by atoms with Gasteiger partial charge in [0.1, 0.15) is 10.1 Å². The summed E-state index contributed by atoms with van der Waals surface area (Å²) in [6, 6.07) is 8.89. The molecule has 96 valence electrons. The van der Waals surface area contributed by atoms with E-state index < -0.39 is 21.9 Å². The molecule has 0 bridgehead atoms. The van der Waals surface area contributed by atoms with Gasteiger partial charge < -0.3 is 10.4 Å². The predicted octanol–water partition coefficient (Wildman–Crippen LogP) is 2.64. The Morgan fingerprint density at radius 3 is 2.22 bits per heavy atom. The molecule has 2 N–H and O–H groups in total. The van der Waals surface area contributed by atoms with Gasteiger partial charge in [-0.2, -0.15) is 0 Å². The summed E-state index contributed by atoms with van der Waals surface area (Å²) in [6.45, 7) is 1.76. The van der Waals surface area contributed by atoms with E-state index in [4.69, 9.17) is 28.3 Å². The van der Waals surface area contributed by atoms with Crippen molar-refractivity contribution < 1.29 is 14.7 Å². The minimum Gasteiger partial charge on any atom is -0.477 e. The molecule has 0 aliphatic heterocycles. The summed E-state index contributed by atoms with van der Waals surface area (Å²) in [5.74, 6) is -2.16. The third-order valence-corrected chi connectivity index (χ3v) is 3.04. The minimum atomic E-state index is -1.44. The van der Waals surface area contributed by atoms with Crippen molar-refractivity contribution in [1.82, 2.24) is 5.32 Å². The Kier molecular flexibility index (Phi) is 5.19. The monoisotopic (exact) mass is 287 g/mol. The van der Waals surface area contributed by atoms with Gasteiger partial charge in [-0.3, -0.25) is 4.79 Å². The van der Waals surface area contributed by atoms with Crippen LogP contribution in [0.3, 0.4) is 0 Å². The molecule has 1 aromatic carbocycles. The lowest BCUT2D eigenvalue weighted by Gasteiger charge is -2.13. The molecule has 0 aliphatic carbocycles. The average Bonchev–Trinajstić information content (AvgIpc) is 2.37. The minimum absolute atomic E-state index is 0.300. The van der Waals surface area contributed by atoms with Crippen molar-refractivity contribution in [3.63, 3.8) is 0 Å². The summed E-state index contributed by atoms with van der Waals surface area (Å²) >= 11 is 10.9. The first kappa shape index (κ1) is 14.5. The highest BCUT2D eigenvalue weighted by Crippen LogP contribution is 2.17. The molecule has 0 saturated heterocycles. The summed E-state index contributed by atoms with van der Waals surface area (Å²) < 4.78 is 0. The van der Waals surface area contributed by atoms with E-state index in [1.165, 1.54) is 0 Å². The van der Waals surface area contributed by atoms with Crippen LogP contribution >= 0.6 is 23.2 Å². The van der Waals surface area contributed by atoms with Crippen LogP contribution in [-0.2, 0) is 9.59 Å². The first-order valence-electron chi connectivity index (χ1n) is 5.08. The number of hydrogen-bond acceptors (Lipinski definition) is 2. The lowest BCUT2D eigenvalue weighted by molar-refractivity contribution is -0.132. The highest BCUT2D eigenvalue weighted by atomic mass is 35.5. The fourth-order valence-corrected chi connectivity index (χ4v) is 1.50. The first-order valence-corrected chi connectivity index (χ1v) is 5.83.